The minimum Gasteiger partial charge on any atom is -0.315 e. The van der Waals surface area contributed by atoms with Gasteiger partial charge in [0, 0.05) is 13.1 Å². The lowest BCUT2D eigenvalue weighted by Gasteiger charge is -2.24. The largest absolute Gasteiger partial charge is 0.315 e. The molecule has 0 heterocycles. The number of nitrogens with one attached hydrogen (secondary N) is 2. The van der Waals surface area contributed by atoms with E-state index in [4.69, 9.17) is 0 Å². The molecule has 0 unspecified atom stereocenters. The van der Waals surface area contributed by atoms with E-state index in [0.29, 0.717) is 18.2 Å². The number of hydrogen-bond acceptors (Lipinski definition) is 3. The Morgan fingerprint density at radius 1 is 1.18 bits per heavy atom. The van der Waals surface area contributed by atoms with E-state index in [1.54, 1.807) is 0 Å². The molecule has 1 saturated carbocycles. The van der Waals surface area contributed by atoms with Gasteiger partial charge in [0.15, 0.2) is 0 Å². The summed E-state index contributed by atoms with van der Waals surface area (Å²) in [6.07, 6.45) is 5.62. The zero-order valence-corrected chi connectivity index (χ0v) is 12.2. The smallest absolute Gasteiger partial charge is 0.211 e. The van der Waals surface area contributed by atoms with Crippen molar-refractivity contribution in [3.05, 3.63) is 0 Å². The zero-order valence-electron chi connectivity index (χ0n) is 10.6. The number of halogens is 1. The highest BCUT2D eigenvalue weighted by molar-refractivity contribution is 7.89. The van der Waals surface area contributed by atoms with Crippen LogP contribution in [0.15, 0.2) is 0 Å². The maximum atomic E-state index is 11.6. The average molecular weight is 285 g/mol. The Morgan fingerprint density at radius 3 is 2.41 bits per heavy atom. The maximum absolute atomic E-state index is 11.6. The summed E-state index contributed by atoms with van der Waals surface area (Å²) in [6, 6.07) is 0. The van der Waals surface area contributed by atoms with Gasteiger partial charge in [0.05, 0.1) is 5.75 Å². The minimum absolute atomic E-state index is 0. The summed E-state index contributed by atoms with van der Waals surface area (Å²) in [5.74, 6) is 0.959. The Balaban J connectivity index is 0.00000256. The third-order valence-corrected chi connectivity index (χ3v) is 4.49. The predicted molar refractivity (Wildman–Crippen MR) is 74.2 cm³/mol. The number of rotatable bonds is 9. The maximum Gasteiger partial charge on any atom is 0.211 e. The molecule has 2 N–H and O–H groups in total. The van der Waals surface area contributed by atoms with Gasteiger partial charge in [-0.05, 0) is 25.3 Å². The van der Waals surface area contributed by atoms with E-state index in [2.05, 4.69) is 17.0 Å². The van der Waals surface area contributed by atoms with Crippen molar-refractivity contribution in [3.8, 4) is 0 Å². The lowest BCUT2D eigenvalue weighted by atomic mass is 9.84. The van der Waals surface area contributed by atoms with E-state index >= 15 is 0 Å². The standard InChI is InChI=1S/C11H24N2O2S.ClH/c1-2-7-12-8-9-13-16(14,15)10-6-11-4-3-5-11;/h11-13H,2-10H2,1H3;1H. The van der Waals surface area contributed by atoms with Crippen LogP contribution in [0.2, 0.25) is 0 Å². The van der Waals surface area contributed by atoms with Gasteiger partial charge in [0.2, 0.25) is 10.0 Å². The quantitative estimate of drug-likeness (QED) is 0.631. The van der Waals surface area contributed by atoms with Gasteiger partial charge in [-0.25, -0.2) is 13.1 Å². The highest BCUT2D eigenvalue weighted by atomic mass is 35.5. The van der Waals surface area contributed by atoms with Gasteiger partial charge in [0.1, 0.15) is 0 Å². The van der Waals surface area contributed by atoms with Crippen molar-refractivity contribution >= 4 is 22.4 Å². The summed E-state index contributed by atoms with van der Waals surface area (Å²) < 4.78 is 25.8. The topological polar surface area (TPSA) is 58.2 Å². The first-order valence-electron chi connectivity index (χ1n) is 6.32. The molecule has 1 rings (SSSR count). The van der Waals surface area contributed by atoms with E-state index in [1.165, 1.54) is 19.3 Å². The Labute approximate surface area is 111 Å². The van der Waals surface area contributed by atoms with E-state index in [0.717, 1.165) is 25.9 Å². The summed E-state index contributed by atoms with van der Waals surface area (Å²) in [4.78, 5) is 0. The second kappa shape index (κ2) is 9.14. The molecule has 0 aromatic carbocycles. The van der Waals surface area contributed by atoms with E-state index in [1.807, 2.05) is 0 Å². The lowest BCUT2D eigenvalue weighted by molar-refractivity contribution is 0.307. The molecule has 0 aliphatic heterocycles. The summed E-state index contributed by atoms with van der Waals surface area (Å²) in [6.45, 7) is 4.27. The molecule has 104 valence electrons. The van der Waals surface area contributed by atoms with Crippen LogP contribution in [-0.2, 0) is 10.0 Å². The first-order chi connectivity index (χ1) is 7.64. The molecule has 0 saturated heterocycles. The fraction of sp³-hybridized carbons (Fsp3) is 1.00. The summed E-state index contributed by atoms with van der Waals surface area (Å²) in [7, 11) is -3.03. The normalized spacial score (nSPS) is 16.3. The molecule has 6 heteroatoms. The van der Waals surface area contributed by atoms with Crippen molar-refractivity contribution < 1.29 is 8.42 Å². The highest BCUT2D eigenvalue weighted by Crippen LogP contribution is 2.29. The molecule has 0 amide bonds. The first-order valence-corrected chi connectivity index (χ1v) is 7.97. The monoisotopic (exact) mass is 284 g/mol. The fourth-order valence-electron chi connectivity index (χ4n) is 1.77. The first kappa shape index (κ1) is 17.2. The van der Waals surface area contributed by atoms with Crippen LogP contribution in [0.3, 0.4) is 0 Å². The zero-order chi connectivity index (χ0) is 11.9. The fourth-order valence-corrected chi connectivity index (χ4v) is 2.97. The Morgan fingerprint density at radius 2 is 1.88 bits per heavy atom. The Kier molecular flexibility index (Phi) is 9.22. The van der Waals surface area contributed by atoms with Crippen LogP contribution in [0.25, 0.3) is 0 Å². The Hall–Kier alpha value is 0.160. The molecule has 1 aliphatic carbocycles. The van der Waals surface area contributed by atoms with Crippen LogP contribution in [0.1, 0.15) is 39.0 Å². The summed E-state index contributed by atoms with van der Waals surface area (Å²) in [5, 5.41) is 3.17. The second-order valence-corrected chi connectivity index (χ2v) is 6.48. The van der Waals surface area contributed by atoms with Crippen molar-refractivity contribution in [2.75, 3.05) is 25.4 Å². The van der Waals surface area contributed by atoms with Gasteiger partial charge in [-0.3, -0.25) is 0 Å². The molecule has 1 fully saturated rings. The van der Waals surface area contributed by atoms with Gasteiger partial charge in [-0.2, -0.15) is 0 Å². The van der Waals surface area contributed by atoms with Gasteiger partial charge in [0.25, 0.3) is 0 Å². The van der Waals surface area contributed by atoms with Crippen LogP contribution < -0.4 is 10.0 Å². The molecule has 0 spiro atoms. The van der Waals surface area contributed by atoms with Gasteiger partial charge >= 0.3 is 0 Å². The van der Waals surface area contributed by atoms with Crippen LogP contribution >= 0.6 is 12.4 Å². The number of sulfonamides is 1. The molecule has 4 nitrogen and oxygen atoms in total. The molecule has 0 radical (unpaired) electrons. The van der Waals surface area contributed by atoms with E-state index in [-0.39, 0.29) is 12.4 Å². The van der Waals surface area contributed by atoms with Gasteiger partial charge in [-0.15, -0.1) is 12.4 Å². The van der Waals surface area contributed by atoms with Gasteiger partial charge in [-0.1, -0.05) is 26.2 Å². The molecular weight excluding hydrogens is 260 g/mol. The molecule has 0 bridgehead atoms. The Bertz CT molecular complexity index is 279. The van der Waals surface area contributed by atoms with Gasteiger partial charge < -0.3 is 5.32 Å². The highest BCUT2D eigenvalue weighted by Gasteiger charge is 2.20. The third-order valence-electron chi connectivity index (χ3n) is 3.07. The molecular formula is C11H25ClN2O2S. The predicted octanol–water partition coefficient (Wildman–Crippen LogP) is 1.52. The second-order valence-electron chi connectivity index (χ2n) is 4.55. The third kappa shape index (κ3) is 7.97. The van der Waals surface area contributed by atoms with Crippen molar-refractivity contribution in [1.29, 1.82) is 0 Å². The van der Waals surface area contributed by atoms with Crippen molar-refractivity contribution in [2.45, 2.75) is 39.0 Å². The lowest BCUT2D eigenvalue weighted by Crippen LogP contribution is -2.34. The van der Waals surface area contributed by atoms with Crippen LogP contribution in [0, 0.1) is 5.92 Å². The average Bonchev–Trinajstić information content (AvgIpc) is 2.14. The van der Waals surface area contributed by atoms with Crippen molar-refractivity contribution in [3.63, 3.8) is 0 Å². The van der Waals surface area contributed by atoms with Crippen molar-refractivity contribution in [1.82, 2.24) is 10.0 Å². The summed E-state index contributed by atoms with van der Waals surface area (Å²) >= 11 is 0. The van der Waals surface area contributed by atoms with E-state index < -0.39 is 10.0 Å². The number of hydrogen-bond donors (Lipinski definition) is 2. The van der Waals surface area contributed by atoms with Crippen LogP contribution in [0.5, 0.6) is 0 Å². The van der Waals surface area contributed by atoms with Crippen LogP contribution in [0.4, 0.5) is 0 Å². The van der Waals surface area contributed by atoms with E-state index in [9.17, 15) is 8.42 Å². The van der Waals surface area contributed by atoms with Crippen LogP contribution in [-0.4, -0.2) is 33.8 Å². The molecule has 1 aliphatic rings. The molecule has 17 heavy (non-hydrogen) atoms. The molecule has 0 aromatic heterocycles. The SMILES string of the molecule is CCCNCCNS(=O)(=O)CCC1CCC1.Cl. The van der Waals surface area contributed by atoms with Crippen molar-refractivity contribution in [2.24, 2.45) is 5.92 Å². The molecule has 0 atom stereocenters. The minimum atomic E-state index is -3.03. The summed E-state index contributed by atoms with van der Waals surface area (Å²) in [5.41, 5.74) is 0. The molecule has 0 aromatic rings.